The Hall–Kier alpha value is -3.58. The molecule has 0 atom stereocenters. The lowest BCUT2D eigenvalue weighted by Crippen LogP contribution is -2.53. The molecule has 7 nitrogen and oxygen atoms in total. The molecule has 1 saturated heterocycles. The van der Waals surface area contributed by atoms with E-state index >= 15 is 0 Å². The minimum Gasteiger partial charge on any atom is -0.492 e. The summed E-state index contributed by atoms with van der Waals surface area (Å²) in [7, 11) is 0. The average molecular weight is 438 g/mol. The van der Waals surface area contributed by atoms with E-state index in [1.54, 1.807) is 31.2 Å². The van der Waals surface area contributed by atoms with Crippen molar-refractivity contribution < 1.29 is 19.1 Å². The normalized spacial score (nSPS) is 15.6. The van der Waals surface area contributed by atoms with Gasteiger partial charge in [0.15, 0.2) is 0 Å². The van der Waals surface area contributed by atoms with E-state index in [1.165, 1.54) is 6.08 Å². The van der Waals surface area contributed by atoms with E-state index in [-0.39, 0.29) is 12.1 Å². The zero-order valence-electron chi connectivity index (χ0n) is 16.8. The summed E-state index contributed by atoms with van der Waals surface area (Å²) >= 11 is 5.90. The lowest BCUT2D eigenvalue weighted by molar-refractivity contribution is -0.129. The summed E-state index contributed by atoms with van der Waals surface area (Å²) in [4.78, 5) is 37.8. The molecule has 1 aliphatic rings. The molecule has 4 amide bonds. The van der Waals surface area contributed by atoms with E-state index in [2.05, 4.69) is 5.32 Å². The van der Waals surface area contributed by atoms with Crippen LogP contribution < -0.4 is 10.1 Å². The van der Waals surface area contributed by atoms with E-state index in [1.807, 2.05) is 35.0 Å². The summed E-state index contributed by atoms with van der Waals surface area (Å²) in [6.07, 6.45) is 3.40. The molecule has 8 heteroatoms. The van der Waals surface area contributed by atoms with Gasteiger partial charge in [0.25, 0.3) is 11.8 Å². The molecule has 0 saturated carbocycles. The van der Waals surface area contributed by atoms with Crippen LogP contribution in [0.1, 0.15) is 12.5 Å². The second kappa shape index (κ2) is 8.65. The molecule has 0 radical (unpaired) electrons. The van der Waals surface area contributed by atoms with Crippen molar-refractivity contribution in [1.29, 1.82) is 0 Å². The van der Waals surface area contributed by atoms with Crippen LogP contribution in [0.4, 0.5) is 4.79 Å². The lowest BCUT2D eigenvalue weighted by Gasteiger charge is -2.24. The number of amides is 4. The number of nitrogens with zero attached hydrogens (tertiary/aromatic N) is 2. The first kappa shape index (κ1) is 20.7. The Morgan fingerprint density at radius 2 is 1.81 bits per heavy atom. The van der Waals surface area contributed by atoms with Gasteiger partial charge < -0.3 is 9.30 Å². The number of imide groups is 2. The van der Waals surface area contributed by atoms with Crippen molar-refractivity contribution in [3.8, 4) is 5.75 Å². The zero-order valence-corrected chi connectivity index (χ0v) is 17.6. The Labute approximate surface area is 183 Å². The molecule has 31 heavy (non-hydrogen) atoms. The van der Waals surface area contributed by atoms with Crippen LogP contribution >= 0.6 is 11.6 Å². The molecule has 1 aromatic heterocycles. The zero-order chi connectivity index (χ0) is 22.0. The molecule has 2 aromatic carbocycles. The third kappa shape index (κ3) is 4.18. The van der Waals surface area contributed by atoms with Crippen LogP contribution in [-0.4, -0.2) is 40.5 Å². The maximum atomic E-state index is 12.6. The number of nitrogens with one attached hydrogen (secondary N) is 1. The number of para-hydroxylation sites is 1. The number of barbiturate groups is 1. The Kier molecular flexibility index (Phi) is 5.77. The van der Waals surface area contributed by atoms with Crippen molar-refractivity contribution in [2.24, 2.45) is 0 Å². The van der Waals surface area contributed by atoms with E-state index < -0.39 is 17.8 Å². The number of halogens is 1. The van der Waals surface area contributed by atoms with Crippen LogP contribution in [0.3, 0.4) is 0 Å². The van der Waals surface area contributed by atoms with E-state index in [4.69, 9.17) is 16.3 Å². The number of aromatic nitrogens is 1. The van der Waals surface area contributed by atoms with Crippen molar-refractivity contribution in [1.82, 2.24) is 14.8 Å². The number of carbonyl (C=O) groups is 3. The molecular formula is C23H20ClN3O4. The molecule has 2 heterocycles. The van der Waals surface area contributed by atoms with Gasteiger partial charge in [-0.1, -0.05) is 29.8 Å². The Balaban J connectivity index is 1.61. The van der Waals surface area contributed by atoms with Gasteiger partial charge in [-0.3, -0.25) is 19.8 Å². The van der Waals surface area contributed by atoms with Crippen molar-refractivity contribution in [2.75, 3.05) is 13.2 Å². The number of rotatable bonds is 6. The first-order valence-corrected chi connectivity index (χ1v) is 10.2. The van der Waals surface area contributed by atoms with Gasteiger partial charge >= 0.3 is 6.03 Å². The molecule has 0 spiro atoms. The fourth-order valence-electron chi connectivity index (χ4n) is 3.50. The molecule has 0 unspecified atom stereocenters. The van der Waals surface area contributed by atoms with Crippen LogP contribution in [-0.2, 0) is 16.1 Å². The summed E-state index contributed by atoms with van der Waals surface area (Å²) in [5.41, 5.74) is 1.59. The highest BCUT2D eigenvalue weighted by Crippen LogP contribution is 2.25. The third-order valence-electron chi connectivity index (χ3n) is 5.04. The number of likely N-dealkylation sites (N-methyl/N-ethyl adjacent to an activating group) is 1. The summed E-state index contributed by atoms with van der Waals surface area (Å²) in [5, 5.41) is 3.75. The van der Waals surface area contributed by atoms with Gasteiger partial charge in [-0.15, -0.1) is 0 Å². The summed E-state index contributed by atoms with van der Waals surface area (Å²) < 4.78 is 7.80. The highest BCUT2D eigenvalue weighted by Gasteiger charge is 2.34. The maximum absolute atomic E-state index is 12.6. The highest BCUT2D eigenvalue weighted by molar-refractivity contribution is 6.31. The van der Waals surface area contributed by atoms with Crippen molar-refractivity contribution in [3.63, 3.8) is 0 Å². The quantitative estimate of drug-likeness (QED) is 0.469. The SMILES string of the molecule is CCN1C(=O)NC(=O)C(=Cc2cn(CCOc3ccc(Cl)cc3)c3ccccc23)C1=O. The van der Waals surface area contributed by atoms with E-state index in [9.17, 15) is 14.4 Å². The molecule has 3 aromatic rings. The van der Waals surface area contributed by atoms with Gasteiger partial charge in [0, 0.05) is 34.2 Å². The molecule has 1 fully saturated rings. The average Bonchev–Trinajstić information content (AvgIpc) is 3.10. The molecule has 1 N–H and O–H groups in total. The van der Waals surface area contributed by atoms with Gasteiger partial charge in [0.05, 0.1) is 6.54 Å². The maximum Gasteiger partial charge on any atom is 0.331 e. The Morgan fingerprint density at radius 1 is 1.06 bits per heavy atom. The largest absolute Gasteiger partial charge is 0.492 e. The van der Waals surface area contributed by atoms with Gasteiger partial charge in [0.1, 0.15) is 17.9 Å². The predicted octanol–water partition coefficient (Wildman–Crippen LogP) is 3.86. The number of carbonyl (C=O) groups excluding carboxylic acids is 3. The van der Waals surface area contributed by atoms with Gasteiger partial charge in [-0.2, -0.15) is 0 Å². The minimum atomic E-state index is -0.698. The standard InChI is InChI=1S/C23H20ClN3O4/c1-2-27-22(29)19(21(28)25-23(27)30)13-15-14-26(20-6-4-3-5-18(15)20)11-12-31-17-9-7-16(24)8-10-17/h3-10,13-14H,2,11-12H2,1H3,(H,25,28,30). The summed E-state index contributed by atoms with van der Waals surface area (Å²) in [5.74, 6) is -0.571. The predicted molar refractivity (Wildman–Crippen MR) is 118 cm³/mol. The lowest BCUT2D eigenvalue weighted by atomic mass is 10.1. The van der Waals surface area contributed by atoms with Crippen LogP contribution in [0.5, 0.6) is 5.75 Å². The number of benzene rings is 2. The van der Waals surface area contributed by atoms with Gasteiger partial charge in [0.2, 0.25) is 0 Å². The number of hydrogen-bond acceptors (Lipinski definition) is 4. The minimum absolute atomic E-state index is 0.0678. The monoisotopic (exact) mass is 437 g/mol. The Bertz CT molecular complexity index is 1200. The van der Waals surface area contributed by atoms with Gasteiger partial charge in [-0.25, -0.2) is 4.79 Å². The summed E-state index contributed by atoms with van der Waals surface area (Å²) in [6, 6.07) is 14.1. The van der Waals surface area contributed by atoms with Crippen molar-refractivity contribution in [2.45, 2.75) is 13.5 Å². The second-order valence-electron chi connectivity index (χ2n) is 6.96. The topological polar surface area (TPSA) is 80.6 Å². The van der Waals surface area contributed by atoms with Crippen LogP contribution in [0.15, 0.2) is 60.3 Å². The number of urea groups is 1. The Morgan fingerprint density at radius 3 is 2.55 bits per heavy atom. The smallest absolute Gasteiger partial charge is 0.331 e. The molecule has 4 rings (SSSR count). The first-order valence-electron chi connectivity index (χ1n) is 9.83. The third-order valence-corrected chi connectivity index (χ3v) is 5.29. The number of hydrogen-bond donors (Lipinski definition) is 1. The van der Waals surface area contributed by atoms with E-state index in [0.29, 0.717) is 23.7 Å². The second-order valence-corrected chi connectivity index (χ2v) is 7.40. The van der Waals surface area contributed by atoms with Crippen LogP contribution in [0.2, 0.25) is 5.02 Å². The molecule has 1 aliphatic heterocycles. The van der Waals surface area contributed by atoms with Gasteiger partial charge in [-0.05, 0) is 43.3 Å². The van der Waals surface area contributed by atoms with Crippen LogP contribution in [0, 0.1) is 0 Å². The van der Waals surface area contributed by atoms with Crippen LogP contribution in [0.25, 0.3) is 17.0 Å². The number of ether oxygens (including phenoxy) is 1. The molecule has 158 valence electrons. The molecular weight excluding hydrogens is 418 g/mol. The first-order chi connectivity index (χ1) is 15.0. The molecule has 0 aliphatic carbocycles. The molecule has 0 bridgehead atoms. The fourth-order valence-corrected chi connectivity index (χ4v) is 3.63. The van der Waals surface area contributed by atoms with Crippen molar-refractivity contribution >= 4 is 46.4 Å². The number of fused-ring (bicyclic) bond motifs is 1. The fraction of sp³-hybridized carbons (Fsp3) is 0.174. The summed E-state index contributed by atoms with van der Waals surface area (Å²) in [6.45, 7) is 2.84. The van der Waals surface area contributed by atoms with E-state index in [0.717, 1.165) is 21.6 Å². The van der Waals surface area contributed by atoms with Crippen molar-refractivity contribution in [3.05, 3.63) is 70.9 Å². The highest BCUT2D eigenvalue weighted by atomic mass is 35.5.